The molecule has 0 aromatic heterocycles. The highest BCUT2D eigenvalue weighted by molar-refractivity contribution is 6.30. The third-order valence-corrected chi connectivity index (χ3v) is 9.24. The van der Waals surface area contributed by atoms with E-state index in [4.69, 9.17) is 9.47 Å². The van der Waals surface area contributed by atoms with Gasteiger partial charge in [-0.1, -0.05) is 39.8 Å². The molecule has 0 saturated carbocycles. The van der Waals surface area contributed by atoms with Crippen molar-refractivity contribution in [1.29, 1.82) is 0 Å². The molecule has 4 unspecified atom stereocenters. The Kier molecular flexibility index (Phi) is 9.79. The van der Waals surface area contributed by atoms with Gasteiger partial charge in [-0.15, -0.1) is 0 Å². The monoisotopic (exact) mass is 666 g/mol. The van der Waals surface area contributed by atoms with Gasteiger partial charge in [0.25, 0.3) is 11.4 Å². The van der Waals surface area contributed by atoms with Crippen molar-refractivity contribution in [1.82, 2.24) is 0 Å². The van der Waals surface area contributed by atoms with E-state index >= 15 is 8.78 Å². The standard InChI is InChI=1S/C34H36F2N4O8/c1-21(2)33(13-7-15-37-33)31(5,19-23-17-25(39(43)44)9-11-27(23)35)47-29(41)30(42)48-32(6,34(22(3)4)14-8-16-38-34)20-24-18-26(40(45)46)10-12-28(24)36/h7-18,21-22H,19-20H2,1-6H3. The zero-order valence-electron chi connectivity index (χ0n) is 27.3. The molecule has 4 rings (SSSR count). The number of benzene rings is 2. The summed E-state index contributed by atoms with van der Waals surface area (Å²) in [5, 5.41) is 22.9. The van der Waals surface area contributed by atoms with E-state index in [9.17, 15) is 29.8 Å². The Morgan fingerprint density at radius 3 is 1.38 bits per heavy atom. The number of nitro groups is 2. The lowest BCUT2D eigenvalue weighted by Gasteiger charge is -2.46. The van der Waals surface area contributed by atoms with E-state index < -0.39 is 79.9 Å². The minimum absolute atomic E-state index is 0.154. The highest BCUT2D eigenvalue weighted by atomic mass is 19.1. The van der Waals surface area contributed by atoms with Crippen molar-refractivity contribution in [3.63, 3.8) is 0 Å². The predicted octanol–water partition coefficient (Wildman–Crippen LogP) is 6.24. The number of nitrogens with zero attached hydrogens (tertiary/aromatic N) is 4. The second-order valence-electron chi connectivity index (χ2n) is 12.9. The summed E-state index contributed by atoms with van der Waals surface area (Å²) >= 11 is 0. The van der Waals surface area contributed by atoms with Crippen molar-refractivity contribution in [3.8, 4) is 0 Å². The Labute approximate surface area is 275 Å². The highest BCUT2D eigenvalue weighted by Gasteiger charge is 2.56. The summed E-state index contributed by atoms with van der Waals surface area (Å²) in [5.74, 6) is -5.35. The third-order valence-electron chi connectivity index (χ3n) is 9.24. The summed E-state index contributed by atoms with van der Waals surface area (Å²) in [5.41, 5.74) is -7.33. The number of carbonyl (C=O) groups excluding carboxylic acids is 2. The largest absolute Gasteiger partial charge is 0.448 e. The summed E-state index contributed by atoms with van der Waals surface area (Å²) in [6, 6.07) is 5.91. The highest BCUT2D eigenvalue weighted by Crippen LogP contribution is 2.45. The van der Waals surface area contributed by atoms with Crippen molar-refractivity contribution in [2.45, 2.75) is 76.7 Å². The van der Waals surface area contributed by atoms with Crippen LogP contribution in [-0.2, 0) is 31.9 Å². The smallest absolute Gasteiger partial charge is 0.418 e. The van der Waals surface area contributed by atoms with Gasteiger partial charge in [0.2, 0.25) is 0 Å². The van der Waals surface area contributed by atoms with Gasteiger partial charge >= 0.3 is 11.9 Å². The molecule has 0 fully saturated rings. The second kappa shape index (κ2) is 13.2. The molecule has 0 spiro atoms. The van der Waals surface area contributed by atoms with Crippen LogP contribution in [0.1, 0.15) is 52.7 Å². The van der Waals surface area contributed by atoms with Crippen LogP contribution in [0.25, 0.3) is 0 Å². The van der Waals surface area contributed by atoms with Crippen LogP contribution in [0.15, 0.2) is 70.7 Å². The summed E-state index contributed by atoms with van der Waals surface area (Å²) in [7, 11) is 0. The molecular formula is C34H36F2N4O8. The molecule has 2 aliphatic heterocycles. The maximum Gasteiger partial charge on any atom is 0.418 e. The molecule has 0 aliphatic carbocycles. The van der Waals surface area contributed by atoms with E-state index in [-0.39, 0.29) is 23.0 Å². The number of hydrogen-bond donors (Lipinski definition) is 0. The molecule has 0 amide bonds. The fraction of sp³-hybridized carbons (Fsp3) is 0.412. The summed E-state index contributed by atoms with van der Waals surface area (Å²) in [6.45, 7) is 10.0. The van der Waals surface area contributed by atoms with Gasteiger partial charge in [0.1, 0.15) is 33.9 Å². The van der Waals surface area contributed by atoms with Gasteiger partial charge < -0.3 is 9.47 Å². The first-order valence-electron chi connectivity index (χ1n) is 15.2. The first-order valence-corrected chi connectivity index (χ1v) is 15.2. The molecule has 2 heterocycles. The molecule has 0 saturated heterocycles. The molecule has 48 heavy (non-hydrogen) atoms. The van der Waals surface area contributed by atoms with Crippen molar-refractivity contribution in [2.75, 3.05) is 0 Å². The molecule has 0 N–H and O–H groups in total. The molecule has 254 valence electrons. The quantitative estimate of drug-likeness (QED) is 0.111. The van der Waals surface area contributed by atoms with Gasteiger partial charge in [-0.25, -0.2) is 18.4 Å². The number of aliphatic imine (C=N–C) groups is 2. The Balaban J connectivity index is 1.76. The summed E-state index contributed by atoms with van der Waals surface area (Å²) in [4.78, 5) is 58.2. The van der Waals surface area contributed by atoms with Crippen LogP contribution in [-0.4, -0.2) is 56.5 Å². The molecule has 4 atom stereocenters. The van der Waals surface area contributed by atoms with Gasteiger partial charge in [-0.3, -0.25) is 30.2 Å². The van der Waals surface area contributed by atoms with Crippen LogP contribution in [0.3, 0.4) is 0 Å². The summed E-state index contributed by atoms with van der Waals surface area (Å²) < 4.78 is 42.0. The molecule has 2 aliphatic rings. The molecule has 0 radical (unpaired) electrons. The second-order valence-corrected chi connectivity index (χ2v) is 12.9. The Morgan fingerprint density at radius 2 is 1.10 bits per heavy atom. The summed E-state index contributed by atoms with van der Waals surface area (Å²) in [6.07, 6.45) is 8.60. The van der Waals surface area contributed by atoms with Crippen LogP contribution in [0, 0.1) is 43.7 Å². The average molecular weight is 667 g/mol. The van der Waals surface area contributed by atoms with Crippen LogP contribution in [0.5, 0.6) is 0 Å². The zero-order valence-corrected chi connectivity index (χ0v) is 27.3. The topological polar surface area (TPSA) is 164 Å². The van der Waals surface area contributed by atoms with Gasteiger partial charge in [-0.05, 0) is 61.1 Å². The maximum atomic E-state index is 15.1. The number of carbonyl (C=O) groups is 2. The molecule has 2 aromatic rings. The number of esters is 2. The predicted molar refractivity (Wildman–Crippen MR) is 173 cm³/mol. The minimum atomic E-state index is -1.79. The lowest BCUT2D eigenvalue weighted by Crippen LogP contribution is -2.59. The van der Waals surface area contributed by atoms with Crippen molar-refractivity contribution < 1.29 is 37.7 Å². The van der Waals surface area contributed by atoms with Crippen molar-refractivity contribution in [2.24, 2.45) is 21.8 Å². The van der Waals surface area contributed by atoms with Gasteiger partial charge in [0.05, 0.1) is 9.85 Å². The zero-order chi connectivity index (χ0) is 35.7. The minimum Gasteiger partial charge on any atom is -0.448 e. The average Bonchev–Trinajstić information content (AvgIpc) is 3.72. The Bertz CT molecular complexity index is 1620. The van der Waals surface area contributed by atoms with Gasteiger partial charge in [0, 0.05) is 49.5 Å². The molecular weight excluding hydrogens is 630 g/mol. The third kappa shape index (κ3) is 6.38. The van der Waals surface area contributed by atoms with Crippen molar-refractivity contribution >= 4 is 35.7 Å². The Morgan fingerprint density at radius 1 is 0.750 bits per heavy atom. The fourth-order valence-electron chi connectivity index (χ4n) is 6.69. The number of allylic oxidation sites excluding steroid dienone is 2. The lowest BCUT2D eigenvalue weighted by atomic mass is 9.70. The number of non-ortho nitro benzene ring substituents is 2. The molecule has 14 heteroatoms. The van der Waals surface area contributed by atoms with Crippen LogP contribution in [0.4, 0.5) is 20.2 Å². The van der Waals surface area contributed by atoms with Gasteiger partial charge in [0.15, 0.2) is 0 Å². The molecule has 0 bridgehead atoms. The number of hydrogen-bond acceptors (Lipinski definition) is 10. The van der Waals surface area contributed by atoms with E-state index in [2.05, 4.69) is 9.98 Å². The Hall–Kier alpha value is -5.14. The van der Waals surface area contributed by atoms with Gasteiger partial charge in [-0.2, -0.15) is 0 Å². The SMILES string of the molecule is CC(C)C1(C(C)(Cc2cc([N+](=O)[O-])ccc2F)OC(=O)C(=O)OC(C)(Cc2cc([N+](=O)[O-])ccc2F)C2(C(C)C)C=CC=N2)C=CC=N1. The molecule has 2 aromatic carbocycles. The number of nitro benzene ring substituents is 2. The van der Waals surface area contributed by atoms with Crippen LogP contribution >= 0.6 is 0 Å². The van der Waals surface area contributed by atoms with Crippen LogP contribution in [0.2, 0.25) is 0 Å². The van der Waals surface area contributed by atoms with Crippen LogP contribution < -0.4 is 0 Å². The first-order chi connectivity index (χ1) is 22.4. The number of halogens is 2. The van der Waals surface area contributed by atoms with Crippen molar-refractivity contribution in [3.05, 3.63) is 104 Å². The number of ether oxygens (including phenoxy) is 2. The van der Waals surface area contributed by atoms with E-state index in [1.807, 2.05) is 0 Å². The van der Waals surface area contributed by atoms with E-state index in [0.717, 1.165) is 36.4 Å². The lowest BCUT2D eigenvalue weighted by molar-refractivity contribution is -0.385. The van der Waals surface area contributed by atoms with E-state index in [0.29, 0.717) is 0 Å². The maximum absolute atomic E-state index is 15.1. The van der Waals surface area contributed by atoms with E-state index in [1.54, 1.807) is 52.0 Å². The normalized spacial score (nSPS) is 22.1. The van der Waals surface area contributed by atoms with E-state index in [1.165, 1.54) is 26.3 Å². The molecule has 12 nitrogen and oxygen atoms in total. The number of rotatable bonds is 12. The first kappa shape index (κ1) is 35.7. The fourth-order valence-corrected chi connectivity index (χ4v) is 6.69.